The van der Waals surface area contributed by atoms with Crippen LogP contribution in [0.5, 0.6) is 0 Å². The highest BCUT2D eigenvalue weighted by molar-refractivity contribution is 6.50. The molecule has 0 spiro atoms. The molecule has 8 heteroatoms. The van der Waals surface area contributed by atoms with Gasteiger partial charge in [-0.15, -0.1) is 0 Å². The van der Waals surface area contributed by atoms with Crippen molar-refractivity contribution in [2.75, 3.05) is 72.0 Å². The van der Waals surface area contributed by atoms with E-state index >= 15 is 0 Å². The Morgan fingerprint density at radius 2 is 0.691 bits per heavy atom. The number of hydrogen-bond donors (Lipinski definition) is 0. The lowest BCUT2D eigenvalue weighted by Crippen LogP contribution is -2.21. The average molecular weight is 897 g/mol. The van der Waals surface area contributed by atoms with E-state index < -0.39 is 0 Å². The van der Waals surface area contributed by atoms with Crippen molar-refractivity contribution >= 4 is 67.9 Å². The van der Waals surface area contributed by atoms with Crippen LogP contribution in [0.1, 0.15) is 77.6 Å². The molecule has 4 aromatic rings. The van der Waals surface area contributed by atoms with Gasteiger partial charge in [-0.3, -0.25) is 0 Å². The molecule has 68 heavy (non-hydrogen) atoms. The summed E-state index contributed by atoms with van der Waals surface area (Å²) in [6, 6.07) is 36.2. The second-order valence-corrected chi connectivity index (χ2v) is 17.3. The first kappa shape index (κ1) is 45.8. The quantitative estimate of drug-likeness (QED) is 0.112. The Bertz CT molecular complexity index is 2930. The molecule has 0 aromatic heterocycles. The van der Waals surface area contributed by atoms with Crippen molar-refractivity contribution in [3.8, 4) is 0 Å². The van der Waals surface area contributed by atoms with E-state index in [4.69, 9.17) is 20.0 Å². The van der Waals surface area contributed by atoms with Crippen molar-refractivity contribution in [3.63, 3.8) is 0 Å². The largest absolute Gasteiger partial charge is 0.372 e. The third-order valence-corrected chi connectivity index (χ3v) is 13.6. The molecule has 8 nitrogen and oxygen atoms in total. The van der Waals surface area contributed by atoms with E-state index in [9.17, 15) is 0 Å². The molecular formula is C60H64N8. The van der Waals surface area contributed by atoms with E-state index in [0.29, 0.717) is 0 Å². The van der Waals surface area contributed by atoms with E-state index in [1.54, 1.807) is 0 Å². The monoisotopic (exact) mass is 897 g/mol. The predicted molar refractivity (Wildman–Crippen MR) is 294 cm³/mol. The maximum Gasteiger partial charge on any atom is 0.0822 e. The molecular weight excluding hydrogens is 833 g/mol. The molecule has 0 saturated heterocycles. The highest BCUT2D eigenvalue weighted by Crippen LogP contribution is 2.47. The number of nitrogens with zero attached hydrogens (tertiary/aromatic N) is 8. The lowest BCUT2D eigenvalue weighted by atomic mass is 9.85. The predicted octanol–water partition coefficient (Wildman–Crippen LogP) is 13.1. The second kappa shape index (κ2) is 20.3. The lowest BCUT2D eigenvalue weighted by molar-refractivity contribution is 0.866. The third-order valence-electron chi connectivity index (χ3n) is 13.6. The first-order chi connectivity index (χ1) is 33.3. The number of fused-ring (bicyclic) bond motifs is 4. The fraction of sp³-hybridized carbons (Fsp3) is 0.267. The highest BCUT2D eigenvalue weighted by atomic mass is 15.1. The highest BCUT2D eigenvalue weighted by Gasteiger charge is 2.33. The minimum Gasteiger partial charge on any atom is -0.372 e. The zero-order valence-electron chi connectivity index (χ0n) is 41.1. The second-order valence-electron chi connectivity index (χ2n) is 17.3. The van der Waals surface area contributed by atoms with Crippen LogP contribution in [-0.2, 0) is 0 Å². The number of allylic oxidation sites excluding steroid dienone is 12. The number of rotatable bonds is 16. The van der Waals surface area contributed by atoms with Crippen molar-refractivity contribution in [1.82, 2.24) is 0 Å². The summed E-state index contributed by atoms with van der Waals surface area (Å²) in [6.07, 6.45) is 16.8. The molecule has 0 atom stereocenters. The Morgan fingerprint density at radius 3 is 1.12 bits per heavy atom. The van der Waals surface area contributed by atoms with Gasteiger partial charge in [-0.25, -0.2) is 20.0 Å². The first-order valence-corrected chi connectivity index (χ1v) is 24.8. The van der Waals surface area contributed by atoms with Crippen LogP contribution in [0.2, 0.25) is 0 Å². The van der Waals surface area contributed by atoms with Crippen LogP contribution in [0.3, 0.4) is 0 Å². The Kier molecular flexibility index (Phi) is 13.7. The van der Waals surface area contributed by atoms with Gasteiger partial charge in [-0.05, 0) is 175 Å². The minimum atomic E-state index is 0.834. The fourth-order valence-electron chi connectivity index (χ4n) is 9.92. The molecule has 0 amide bonds. The van der Waals surface area contributed by atoms with Crippen molar-refractivity contribution in [3.05, 3.63) is 191 Å². The summed E-state index contributed by atoms with van der Waals surface area (Å²) in [5.41, 5.74) is 20.0. The molecule has 0 radical (unpaired) electrons. The molecule has 5 heterocycles. The van der Waals surface area contributed by atoms with Crippen LogP contribution in [0.15, 0.2) is 188 Å². The molecule has 0 N–H and O–H groups in total. The molecule has 0 unspecified atom stereocenters. The standard InChI is InChI=1S/C60H64N8/c1-9-65(10-2)50-29-17-41(18-30-50)54-39-49-38-47-26-25-45(61-47)37-46-27-28-48(62-46)40-55-56(42-19-31-51(32-20-42)66(11-3)12-4)57(43-21-33-52(34-22-43)67(13-5)14-6)60(64-55)58(59(54)63-49)44-23-35-53(36-24-44)68(15-7)16-8/h17-40H,9-16H2,1-8H3. The summed E-state index contributed by atoms with van der Waals surface area (Å²) in [5.74, 6) is 0. The molecule has 8 bridgehead atoms. The molecule has 4 aromatic carbocycles. The van der Waals surface area contributed by atoms with Gasteiger partial charge in [0.1, 0.15) is 0 Å². The van der Waals surface area contributed by atoms with Gasteiger partial charge in [-0.2, -0.15) is 0 Å². The van der Waals surface area contributed by atoms with Gasteiger partial charge in [0.05, 0.1) is 45.6 Å². The maximum absolute atomic E-state index is 5.85. The first-order valence-electron chi connectivity index (χ1n) is 24.8. The number of aliphatic imine (C=N–C) groups is 4. The van der Waals surface area contributed by atoms with E-state index in [2.05, 4.69) is 215 Å². The van der Waals surface area contributed by atoms with Crippen LogP contribution in [0, 0.1) is 0 Å². The van der Waals surface area contributed by atoms with E-state index in [1.807, 2.05) is 6.08 Å². The van der Waals surface area contributed by atoms with Gasteiger partial charge in [0.15, 0.2) is 0 Å². The zero-order chi connectivity index (χ0) is 47.3. The Labute approximate surface area is 404 Å². The molecule has 5 aliphatic heterocycles. The Morgan fingerprint density at radius 1 is 0.324 bits per heavy atom. The summed E-state index contributed by atoms with van der Waals surface area (Å²) in [5, 5.41) is 0. The topological polar surface area (TPSA) is 62.4 Å². The SMILES string of the molecule is CCN(CC)c1ccc(C2=CC3=CC4=NC(=CC5=NC(=CC6=NC(=C(c7ccc(N(CC)CC)cc7)C2=N3)C(c2ccc(N(CC)CC)cc2)=C6c2ccc(N(CC)CC)cc2)C=C5)C=C4)cc1. The van der Waals surface area contributed by atoms with Crippen molar-refractivity contribution < 1.29 is 0 Å². The lowest BCUT2D eigenvalue weighted by Gasteiger charge is -2.23. The Hall–Kier alpha value is -7.32. The number of hydrogen-bond acceptors (Lipinski definition) is 8. The Balaban J connectivity index is 1.38. The van der Waals surface area contributed by atoms with Gasteiger partial charge < -0.3 is 19.6 Å². The van der Waals surface area contributed by atoms with Crippen LogP contribution in [0.25, 0.3) is 22.3 Å². The number of anilines is 4. The fourth-order valence-corrected chi connectivity index (χ4v) is 9.92. The molecule has 0 fully saturated rings. The molecule has 5 aliphatic rings. The summed E-state index contributed by atoms with van der Waals surface area (Å²) >= 11 is 0. The molecule has 344 valence electrons. The van der Waals surface area contributed by atoms with Crippen LogP contribution >= 0.6 is 0 Å². The van der Waals surface area contributed by atoms with Gasteiger partial charge in [0.25, 0.3) is 0 Å². The van der Waals surface area contributed by atoms with E-state index in [0.717, 1.165) is 143 Å². The van der Waals surface area contributed by atoms with Gasteiger partial charge in [-0.1, -0.05) is 48.5 Å². The zero-order valence-corrected chi connectivity index (χ0v) is 41.1. The molecule has 0 aliphatic carbocycles. The summed E-state index contributed by atoms with van der Waals surface area (Å²) in [6.45, 7) is 25.1. The summed E-state index contributed by atoms with van der Waals surface area (Å²) < 4.78 is 0. The average Bonchev–Trinajstić information content (AvgIpc) is 4.19. The molecule has 9 rings (SSSR count). The third kappa shape index (κ3) is 9.07. The summed E-state index contributed by atoms with van der Waals surface area (Å²) in [4.78, 5) is 31.2. The van der Waals surface area contributed by atoms with E-state index in [1.165, 1.54) is 22.7 Å². The maximum atomic E-state index is 5.85. The van der Waals surface area contributed by atoms with Crippen molar-refractivity contribution in [2.45, 2.75) is 55.4 Å². The summed E-state index contributed by atoms with van der Waals surface area (Å²) in [7, 11) is 0. The smallest absolute Gasteiger partial charge is 0.0822 e. The van der Waals surface area contributed by atoms with Crippen LogP contribution in [-0.4, -0.2) is 75.2 Å². The minimum absolute atomic E-state index is 0.834. The van der Waals surface area contributed by atoms with Gasteiger partial charge in [0, 0.05) is 97.4 Å². The number of benzene rings is 4. The van der Waals surface area contributed by atoms with Crippen LogP contribution < -0.4 is 19.6 Å². The van der Waals surface area contributed by atoms with Crippen LogP contribution in [0.4, 0.5) is 22.7 Å². The van der Waals surface area contributed by atoms with Gasteiger partial charge in [0.2, 0.25) is 0 Å². The van der Waals surface area contributed by atoms with Crippen molar-refractivity contribution in [1.29, 1.82) is 0 Å². The van der Waals surface area contributed by atoms with Crippen molar-refractivity contribution in [2.24, 2.45) is 20.0 Å². The van der Waals surface area contributed by atoms with E-state index in [-0.39, 0.29) is 0 Å². The van der Waals surface area contributed by atoms with Gasteiger partial charge >= 0.3 is 0 Å². The normalized spacial score (nSPS) is 16.0. The molecule has 0 saturated carbocycles.